The second-order valence-electron chi connectivity index (χ2n) is 8.91. The highest BCUT2D eigenvalue weighted by atomic mass is 35.5. The number of rotatable bonds is 11. The topological polar surface area (TPSA) is 86.8 Å². The zero-order valence-corrected chi connectivity index (χ0v) is 23.9. The van der Waals surface area contributed by atoms with E-state index in [2.05, 4.69) is 5.32 Å². The van der Waals surface area contributed by atoms with E-state index in [1.807, 2.05) is 61.5 Å². The zero-order chi connectivity index (χ0) is 27.9. The van der Waals surface area contributed by atoms with Crippen molar-refractivity contribution in [3.05, 3.63) is 99.5 Å². The molecule has 0 radical (unpaired) electrons. The molecule has 0 aliphatic heterocycles. The van der Waals surface area contributed by atoms with Gasteiger partial charge in [-0.3, -0.25) is 13.9 Å². The molecule has 3 rings (SSSR count). The van der Waals surface area contributed by atoms with E-state index in [0.717, 1.165) is 27.3 Å². The van der Waals surface area contributed by atoms with Gasteiger partial charge in [0.15, 0.2) is 0 Å². The number of likely N-dealkylation sites (N-methyl/N-ethyl adjacent to an activating group) is 1. The Morgan fingerprint density at radius 1 is 0.974 bits per heavy atom. The summed E-state index contributed by atoms with van der Waals surface area (Å²) in [5.41, 5.74) is 2.78. The summed E-state index contributed by atoms with van der Waals surface area (Å²) in [6, 6.07) is 20.4. The second kappa shape index (κ2) is 13.1. The Bertz CT molecular complexity index is 1380. The first-order valence-corrected chi connectivity index (χ1v) is 14.7. The van der Waals surface area contributed by atoms with Crippen molar-refractivity contribution in [1.29, 1.82) is 0 Å². The van der Waals surface area contributed by atoms with Crippen molar-refractivity contribution in [3.63, 3.8) is 0 Å². The van der Waals surface area contributed by atoms with Gasteiger partial charge in [0.05, 0.1) is 17.0 Å². The molecule has 0 fully saturated rings. The van der Waals surface area contributed by atoms with E-state index in [-0.39, 0.29) is 29.6 Å². The first kappa shape index (κ1) is 29.5. The normalized spacial score (nSPS) is 12.0. The number of anilines is 1. The number of carbonyl (C=O) groups is 2. The van der Waals surface area contributed by atoms with Gasteiger partial charge in [0.1, 0.15) is 12.6 Å². The third kappa shape index (κ3) is 7.72. The molecular formula is C28H31Cl2N3O4S. The molecule has 0 heterocycles. The Balaban J connectivity index is 2.07. The third-order valence-corrected chi connectivity index (χ3v) is 7.75. The minimum atomic E-state index is -3.92. The van der Waals surface area contributed by atoms with E-state index in [9.17, 15) is 18.0 Å². The number of carbonyl (C=O) groups excluding carboxylic acids is 2. The summed E-state index contributed by atoms with van der Waals surface area (Å²) in [5.74, 6) is -0.870. The second-order valence-corrected chi connectivity index (χ2v) is 11.7. The van der Waals surface area contributed by atoms with E-state index in [0.29, 0.717) is 11.6 Å². The smallest absolute Gasteiger partial charge is 0.244 e. The van der Waals surface area contributed by atoms with E-state index in [1.165, 1.54) is 23.1 Å². The van der Waals surface area contributed by atoms with Crippen LogP contribution in [0.5, 0.6) is 0 Å². The lowest BCUT2D eigenvalue weighted by atomic mass is 10.0. The molecule has 0 aliphatic carbocycles. The Kier molecular flexibility index (Phi) is 10.2. The Hall–Kier alpha value is -3.07. The molecule has 3 aromatic rings. The molecule has 38 heavy (non-hydrogen) atoms. The number of amides is 2. The van der Waals surface area contributed by atoms with Crippen molar-refractivity contribution in [2.75, 3.05) is 23.7 Å². The minimum absolute atomic E-state index is 0.0886. The van der Waals surface area contributed by atoms with Gasteiger partial charge in [-0.15, -0.1) is 0 Å². The van der Waals surface area contributed by atoms with Gasteiger partial charge in [-0.05, 0) is 48.7 Å². The van der Waals surface area contributed by atoms with Gasteiger partial charge in [0.2, 0.25) is 21.8 Å². The average Bonchev–Trinajstić information content (AvgIpc) is 2.86. The highest BCUT2D eigenvalue weighted by molar-refractivity contribution is 7.92. The molecule has 0 saturated heterocycles. The molecule has 0 aliphatic rings. The maximum Gasteiger partial charge on any atom is 0.244 e. The highest BCUT2D eigenvalue weighted by Crippen LogP contribution is 2.30. The molecule has 0 spiro atoms. The van der Waals surface area contributed by atoms with Gasteiger partial charge in [-0.25, -0.2) is 8.42 Å². The van der Waals surface area contributed by atoms with Gasteiger partial charge in [0.25, 0.3) is 0 Å². The Morgan fingerprint density at radius 3 is 2.24 bits per heavy atom. The van der Waals surface area contributed by atoms with Crippen molar-refractivity contribution < 1.29 is 18.0 Å². The molecule has 7 nitrogen and oxygen atoms in total. The molecular weight excluding hydrogens is 545 g/mol. The standard InChI is InChI=1S/C28H31Cl2N3O4S/c1-4-31-28(35)26(16-21-11-6-5-7-12-21)32(18-22-13-9-8-10-20(22)2)27(34)19-33(38(3,36)37)25-15-14-23(29)17-24(25)30/h5-15,17,26H,4,16,18-19H2,1-3H3,(H,31,35)/t26-/m1/s1. The quantitative estimate of drug-likeness (QED) is 0.354. The number of sulfonamides is 1. The van der Waals surface area contributed by atoms with Crippen LogP contribution >= 0.6 is 23.2 Å². The number of aryl methyl sites for hydroxylation is 1. The number of nitrogens with one attached hydrogen (secondary N) is 1. The average molecular weight is 577 g/mol. The van der Waals surface area contributed by atoms with E-state index < -0.39 is 28.5 Å². The van der Waals surface area contributed by atoms with Gasteiger partial charge in [-0.1, -0.05) is 77.8 Å². The van der Waals surface area contributed by atoms with Crippen molar-refractivity contribution in [2.45, 2.75) is 32.9 Å². The molecule has 10 heteroatoms. The van der Waals surface area contributed by atoms with Crippen molar-refractivity contribution in [2.24, 2.45) is 0 Å². The van der Waals surface area contributed by atoms with Crippen LogP contribution in [-0.4, -0.2) is 50.5 Å². The fourth-order valence-electron chi connectivity index (χ4n) is 4.10. The van der Waals surface area contributed by atoms with Crippen molar-refractivity contribution >= 4 is 50.7 Å². The van der Waals surface area contributed by atoms with Gasteiger partial charge in [0, 0.05) is 24.5 Å². The van der Waals surface area contributed by atoms with Crippen LogP contribution in [0.4, 0.5) is 5.69 Å². The maximum absolute atomic E-state index is 14.0. The van der Waals surface area contributed by atoms with Crippen LogP contribution in [0.3, 0.4) is 0 Å². The Morgan fingerprint density at radius 2 is 1.63 bits per heavy atom. The van der Waals surface area contributed by atoms with E-state index in [4.69, 9.17) is 23.2 Å². The van der Waals surface area contributed by atoms with E-state index >= 15 is 0 Å². The predicted molar refractivity (Wildman–Crippen MR) is 153 cm³/mol. The summed E-state index contributed by atoms with van der Waals surface area (Å²) in [6.45, 7) is 3.68. The summed E-state index contributed by atoms with van der Waals surface area (Å²) in [5, 5.41) is 3.25. The van der Waals surface area contributed by atoms with E-state index in [1.54, 1.807) is 6.92 Å². The van der Waals surface area contributed by atoms with Crippen LogP contribution in [0, 0.1) is 6.92 Å². The van der Waals surface area contributed by atoms with Crippen molar-refractivity contribution in [1.82, 2.24) is 10.2 Å². The molecule has 0 saturated carbocycles. The molecule has 1 atom stereocenters. The summed E-state index contributed by atoms with van der Waals surface area (Å²) < 4.78 is 26.6. The lowest BCUT2D eigenvalue weighted by molar-refractivity contribution is -0.140. The molecule has 202 valence electrons. The van der Waals surface area contributed by atoms with Crippen molar-refractivity contribution in [3.8, 4) is 0 Å². The number of nitrogens with zero attached hydrogens (tertiary/aromatic N) is 2. The van der Waals surface area contributed by atoms with Gasteiger partial charge < -0.3 is 10.2 Å². The number of benzene rings is 3. The number of halogens is 2. The van der Waals surface area contributed by atoms with Gasteiger partial charge >= 0.3 is 0 Å². The molecule has 3 aromatic carbocycles. The molecule has 2 amide bonds. The molecule has 0 unspecified atom stereocenters. The molecule has 0 bridgehead atoms. The minimum Gasteiger partial charge on any atom is -0.355 e. The third-order valence-electron chi connectivity index (χ3n) is 6.08. The van der Waals surface area contributed by atoms with Gasteiger partial charge in [-0.2, -0.15) is 0 Å². The Labute approximate surface area is 234 Å². The number of hydrogen-bond donors (Lipinski definition) is 1. The monoisotopic (exact) mass is 575 g/mol. The summed E-state index contributed by atoms with van der Waals surface area (Å²) in [6.07, 6.45) is 1.26. The lowest BCUT2D eigenvalue weighted by Crippen LogP contribution is -2.53. The van der Waals surface area contributed by atoms with Crippen LogP contribution < -0.4 is 9.62 Å². The largest absolute Gasteiger partial charge is 0.355 e. The lowest BCUT2D eigenvalue weighted by Gasteiger charge is -2.34. The fraction of sp³-hybridized carbons (Fsp3) is 0.286. The first-order valence-electron chi connectivity index (χ1n) is 12.1. The SMILES string of the molecule is CCNC(=O)[C@@H](Cc1ccccc1)N(Cc1ccccc1C)C(=O)CN(c1ccc(Cl)cc1Cl)S(C)(=O)=O. The summed E-state index contributed by atoms with van der Waals surface area (Å²) in [4.78, 5) is 28.8. The first-order chi connectivity index (χ1) is 18.0. The maximum atomic E-state index is 14.0. The van der Waals surface area contributed by atoms with Crippen LogP contribution in [-0.2, 0) is 32.6 Å². The molecule has 0 aromatic heterocycles. The zero-order valence-electron chi connectivity index (χ0n) is 21.5. The van der Waals surface area contributed by atoms with Crippen LogP contribution in [0.25, 0.3) is 0 Å². The molecule has 1 N–H and O–H groups in total. The number of hydrogen-bond acceptors (Lipinski definition) is 4. The fourth-order valence-corrected chi connectivity index (χ4v) is 5.52. The summed E-state index contributed by atoms with van der Waals surface area (Å²) >= 11 is 12.3. The summed E-state index contributed by atoms with van der Waals surface area (Å²) in [7, 11) is -3.92. The van der Waals surface area contributed by atoms with Crippen LogP contribution in [0.15, 0.2) is 72.8 Å². The highest BCUT2D eigenvalue weighted by Gasteiger charge is 2.33. The van der Waals surface area contributed by atoms with Crippen LogP contribution in [0.1, 0.15) is 23.6 Å². The van der Waals surface area contributed by atoms with Crippen LogP contribution in [0.2, 0.25) is 10.0 Å². The predicted octanol–water partition coefficient (Wildman–Crippen LogP) is 4.84.